The van der Waals surface area contributed by atoms with Crippen LogP contribution in [0.25, 0.3) is 11.4 Å². The minimum Gasteiger partial charge on any atom is -0.489 e. The molecule has 1 saturated heterocycles. The number of hydrogen-bond acceptors (Lipinski definition) is 7. The van der Waals surface area contributed by atoms with Gasteiger partial charge in [-0.25, -0.2) is 9.97 Å². The Hall–Kier alpha value is -3.44. The van der Waals surface area contributed by atoms with Gasteiger partial charge in [0, 0.05) is 37.8 Å². The van der Waals surface area contributed by atoms with Crippen molar-refractivity contribution in [2.45, 2.75) is 18.9 Å². The molecule has 0 radical (unpaired) electrons. The fourth-order valence-electron chi connectivity index (χ4n) is 3.03. The Morgan fingerprint density at radius 3 is 2.89 bits per heavy atom. The number of ether oxygens (including phenoxy) is 2. The van der Waals surface area contributed by atoms with Crippen LogP contribution in [0.3, 0.4) is 0 Å². The molecule has 0 aliphatic carbocycles. The smallest absolute Gasteiger partial charge is 0.161 e. The van der Waals surface area contributed by atoms with Gasteiger partial charge in [0.05, 0.1) is 30.7 Å². The Kier molecular flexibility index (Phi) is 5.17. The molecule has 4 rings (SSSR count). The highest BCUT2D eigenvalue weighted by atomic mass is 16.5. The van der Waals surface area contributed by atoms with E-state index in [0.717, 1.165) is 24.1 Å². The molecule has 2 aromatic heterocycles. The molecule has 8 heteroatoms. The van der Waals surface area contributed by atoms with Gasteiger partial charge in [0.15, 0.2) is 5.82 Å². The molecule has 28 heavy (non-hydrogen) atoms. The Morgan fingerprint density at radius 1 is 1.29 bits per heavy atom. The molecular weight excluding hydrogens is 356 g/mol. The van der Waals surface area contributed by atoms with E-state index in [1.165, 1.54) is 0 Å². The predicted octanol–water partition coefficient (Wildman–Crippen LogP) is 3.05. The molecule has 0 saturated carbocycles. The van der Waals surface area contributed by atoms with Gasteiger partial charge >= 0.3 is 0 Å². The van der Waals surface area contributed by atoms with E-state index in [0.29, 0.717) is 36.2 Å². The van der Waals surface area contributed by atoms with E-state index in [2.05, 4.69) is 26.5 Å². The molecule has 0 amide bonds. The van der Waals surface area contributed by atoms with Gasteiger partial charge in [-0.1, -0.05) is 0 Å². The lowest BCUT2D eigenvalue weighted by Crippen LogP contribution is -2.26. The molecule has 1 aromatic carbocycles. The minimum absolute atomic E-state index is 0.0787. The number of hydrogen-bond donors (Lipinski definition) is 1. The second-order valence-corrected chi connectivity index (χ2v) is 6.55. The zero-order valence-corrected chi connectivity index (χ0v) is 15.5. The molecule has 1 aliphatic heterocycles. The van der Waals surface area contributed by atoms with Crippen LogP contribution in [0.5, 0.6) is 5.75 Å². The number of benzene rings is 1. The Bertz CT molecular complexity index is 1000. The van der Waals surface area contributed by atoms with Crippen LogP contribution in [0.2, 0.25) is 0 Å². The summed E-state index contributed by atoms with van der Waals surface area (Å²) in [5.74, 6) is 1.77. The van der Waals surface area contributed by atoms with Gasteiger partial charge in [-0.2, -0.15) is 10.4 Å². The van der Waals surface area contributed by atoms with E-state index in [1.54, 1.807) is 29.2 Å². The zero-order valence-electron chi connectivity index (χ0n) is 15.5. The van der Waals surface area contributed by atoms with E-state index < -0.39 is 0 Å². The van der Waals surface area contributed by atoms with Gasteiger partial charge in [0.2, 0.25) is 0 Å². The summed E-state index contributed by atoms with van der Waals surface area (Å²) in [5.41, 5.74) is 2.06. The molecule has 1 fully saturated rings. The first kappa shape index (κ1) is 17.9. The average Bonchev–Trinajstić information content (AvgIpc) is 3.14. The van der Waals surface area contributed by atoms with Crippen molar-refractivity contribution in [2.75, 3.05) is 18.5 Å². The van der Waals surface area contributed by atoms with Crippen LogP contribution >= 0.6 is 0 Å². The number of nitrogens with zero attached hydrogens (tertiary/aromatic N) is 5. The number of aryl methyl sites for hydroxylation is 1. The van der Waals surface area contributed by atoms with Gasteiger partial charge in [0.1, 0.15) is 23.7 Å². The van der Waals surface area contributed by atoms with Gasteiger partial charge in [-0.05, 0) is 24.3 Å². The van der Waals surface area contributed by atoms with Crippen molar-refractivity contribution in [2.24, 2.45) is 7.05 Å². The largest absolute Gasteiger partial charge is 0.489 e. The molecule has 3 heterocycles. The summed E-state index contributed by atoms with van der Waals surface area (Å²) in [6.07, 6.45) is 7.00. The standard InChI is InChI=1S/C20H20N6O2/c1-26-13-16(12-23-26)24-19-4-7-22-20(25-19)14-2-3-18(15(10-14)11-21)28-17-5-8-27-9-6-17/h2-4,7,10,12-13,17H,5-6,8-9H2,1H3,(H,22,24,25). The zero-order chi connectivity index (χ0) is 19.3. The number of aromatic nitrogens is 4. The van der Waals surface area contributed by atoms with Gasteiger partial charge in [-0.15, -0.1) is 0 Å². The van der Waals surface area contributed by atoms with E-state index in [4.69, 9.17) is 9.47 Å². The number of anilines is 2. The van der Waals surface area contributed by atoms with E-state index >= 15 is 0 Å². The van der Waals surface area contributed by atoms with Crippen LogP contribution in [0.1, 0.15) is 18.4 Å². The second-order valence-electron chi connectivity index (χ2n) is 6.55. The third kappa shape index (κ3) is 4.10. The first-order valence-corrected chi connectivity index (χ1v) is 9.09. The Labute approximate surface area is 162 Å². The Balaban J connectivity index is 1.55. The summed E-state index contributed by atoms with van der Waals surface area (Å²) in [5, 5.41) is 16.9. The second kappa shape index (κ2) is 8.06. The fraction of sp³-hybridized carbons (Fsp3) is 0.300. The van der Waals surface area contributed by atoms with Crippen molar-refractivity contribution in [1.82, 2.24) is 19.7 Å². The van der Waals surface area contributed by atoms with Crippen LogP contribution in [0, 0.1) is 11.3 Å². The van der Waals surface area contributed by atoms with Crippen molar-refractivity contribution >= 4 is 11.5 Å². The average molecular weight is 376 g/mol. The number of nitriles is 1. The van der Waals surface area contributed by atoms with Gasteiger partial charge in [-0.3, -0.25) is 4.68 Å². The highest BCUT2D eigenvalue weighted by Crippen LogP contribution is 2.27. The van der Waals surface area contributed by atoms with Crippen molar-refractivity contribution < 1.29 is 9.47 Å². The van der Waals surface area contributed by atoms with Crippen LogP contribution in [-0.4, -0.2) is 39.1 Å². The van der Waals surface area contributed by atoms with Crippen LogP contribution in [0.4, 0.5) is 11.5 Å². The number of nitrogens with one attached hydrogen (secondary N) is 1. The molecule has 8 nitrogen and oxygen atoms in total. The lowest BCUT2D eigenvalue weighted by Gasteiger charge is -2.23. The van der Waals surface area contributed by atoms with Crippen molar-refractivity contribution in [1.29, 1.82) is 5.26 Å². The van der Waals surface area contributed by atoms with Gasteiger partial charge < -0.3 is 14.8 Å². The van der Waals surface area contributed by atoms with Crippen molar-refractivity contribution in [3.63, 3.8) is 0 Å². The molecule has 0 spiro atoms. The van der Waals surface area contributed by atoms with Crippen molar-refractivity contribution in [3.8, 4) is 23.2 Å². The summed E-state index contributed by atoms with van der Waals surface area (Å²) in [6, 6.07) is 9.45. The molecule has 1 aliphatic rings. The maximum absolute atomic E-state index is 9.55. The lowest BCUT2D eigenvalue weighted by molar-refractivity contribution is 0.0254. The van der Waals surface area contributed by atoms with Crippen LogP contribution in [0.15, 0.2) is 42.9 Å². The molecular formula is C20H20N6O2. The first-order chi connectivity index (χ1) is 13.7. The SMILES string of the molecule is Cn1cc(Nc2ccnc(-c3ccc(OC4CCOCC4)c(C#N)c3)n2)cn1. The van der Waals surface area contributed by atoms with Crippen LogP contribution < -0.4 is 10.1 Å². The molecule has 0 atom stereocenters. The normalized spacial score (nSPS) is 14.4. The third-order valence-corrected chi connectivity index (χ3v) is 4.45. The highest BCUT2D eigenvalue weighted by Gasteiger charge is 2.17. The fourth-order valence-corrected chi connectivity index (χ4v) is 3.03. The maximum Gasteiger partial charge on any atom is 0.161 e. The highest BCUT2D eigenvalue weighted by molar-refractivity contribution is 5.64. The Morgan fingerprint density at radius 2 is 2.14 bits per heavy atom. The molecule has 0 unspecified atom stereocenters. The summed E-state index contributed by atoms with van der Waals surface area (Å²) < 4.78 is 13.1. The maximum atomic E-state index is 9.55. The predicted molar refractivity (Wildman–Crippen MR) is 103 cm³/mol. The topological polar surface area (TPSA) is 97.9 Å². The van der Waals surface area contributed by atoms with E-state index in [-0.39, 0.29) is 6.10 Å². The molecule has 142 valence electrons. The molecule has 1 N–H and O–H groups in total. The summed E-state index contributed by atoms with van der Waals surface area (Å²) >= 11 is 0. The monoisotopic (exact) mass is 376 g/mol. The third-order valence-electron chi connectivity index (χ3n) is 4.45. The quantitative estimate of drug-likeness (QED) is 0.731. The molecule has 0 bridgehead atoms. The van der Waals surface area contributed by atoms with Gasteiger partial charge in [0.25, 0.3) is 0 Å². The van der Waals surface area contributed by atoms with Crippen molar-refractivity contribution in [3.05, 3.63) is 48.4 Å². The number of rotatable bonds is 5. The summed E-state index contributed by atoms with van der Waals surface area (Å²) in [6.45, 7) is 1.38. The minimum atomic E-state index is 0.0787. The summed E-state index contributed by atoms with van der Waals surface area (Å²) in [4.78, 5) is 8.88. The molecule has 3 aromatic rings. The van der Waals surface area contributed by atoms with E-state index in [9.17, 15) is 5.26 Å². The van der Waals surface area contributed by atoms with E-state index in [1.807, 2.05) is 25.4 Å². The lowest BCUT2D eigenvalue weighted by atomic mass is 10.1. The summed E-state index contributed by atoms with van der Waals surface area (Å²) in [7, 11) is 1.85. The first-order valence-electron chi connectivity index (χ1n) is 9.09. The van der Waals surface area contributed by atoms with Crippen LogP contribution in [-0.2, 0) is 11.8 Å².